The smallest absolute Gasteiger partial charge is 0.0788 e. The fraction of sp³-hybridized carbons (Fsp3) is 0.0217. The van der Waals surface area contributed by atoms with Crippen LogP contribution >= 0.6 is 0 Å². The Kier molecular flexibility index (Phi) is 6.72. The van der Waals surface area contributed by atoms with Gasteiger partial charge in [-0.1, -0.05) is 158 Å². The number of benzene rings is 7. The highest BCUT2D eigenvalue weighted by Gasteiger charge is 2.46. The van der Waals surface area contributed by atoms with Crippen molar-refractivity contribution in [2.75, 3.05) is 5.32 Å². The minimum Gasteiger partial charge on any atom is -0.355 e. The first-order valence-corrected chi connectivity index (χ1v) is 16.5. The zero-order valence-electron chi connectivity index (χ0n) is 26.3. The first-order chi connectivity index (χ1) is 23.8. The van der Waals surface area contributed by atoms with E-state index < -0.39 is 5.41 Å². The standard InChI is InChI=1S/C46H32N2/c1-3-15-32(16-4-1)39-31-34-17-7-13-25-43(34)48-45(39)33-27-29-36(30-28-33)47-44-26-14-12-24-42(44)46(35-18-5-2-6-19-35)40-22-10-8-20-37(40)38-21-9-11-23-41(38)46/h1-31,47H. The molecule has 0 radical (unpaired) electrons. The lowest BCUT2D eigenvalue weighted by Gasteiger charge is -2.35. The summed E-state index contributed by atoms with van der Waals surface area (Å²) in [5.74, 6) is 0. The molecular weight excluding hydrogens is 581 g/mol. The summed E-state index contributed by atoms with van der Waals surface area (Å²) in [5.41, 5.74) is 14.6. The first-order valence-electron chi connectivity index (χ1n) is 16.5. The van der Waals surface area contributed by atoms with E-state index in [-0.39, 0.29) is 0 Å². The van der Waals surface area contributed by atoms with Gasteiger partial charge in [-0.2, -0.15) is 0 Å². The molecular formula is C46H32N2. The van der Waals surface area contributed by atoms with Crippen LogP contribution in [-0.2, 0) is 5.41 Å². The molecule has 1 aromatic heterocycles. The van der Waals surface area contributed by atoms with Crippen LogP contribution in [0, 0.1) is 0 Å². The second-order valence-electron chi connectivity index (χ2n) is 12.4. The number of hydrogen-bond donors (Lipinski definition) is 1. The van der Waals surface area contributed by atoms with Crippen LogP contribution in [0.25, 0.3) is 44.4 Å². The van der Waals surface area contributed by atoms with Crippen molar-refractivity contribution in [3.05, 3.63) is 210 Å². The molecule has 1 aliphatic carbocycles. The van der Waals surface area contributed by atoms with Gasteiger partial charge in [0.15, 0.2) is 0 Å². The normalized spacial score (nSPS) is 12.8. The Morgan fingerprint density at radius 3 is 1.69 bits per heavy atom. The van der Waals surface area contributed by atoms with Gasteiger partial charge in [-0.05, 0) is 69.3 Å². The molecule has 9 rings (SSSR count). The van der Waals surface area contributed by atoms with Crippen LogP contribution in [0.2, 0.25) is 0 Å². The van der Waals surface area contributed by atoms with Crippen molar-refractivity contribution in [2.45, 2.75) is 5.41 Å². The van der Waals surface area contributed by atoms with E-state index in [1.54, 1.807) is 0 Å². The second kappa shape index (κ2) is 11.5. The summed E-state index contributed by atoms with van der Waals surface area (Å²) in [7, 11) is 0. The summed E-state index contributed by atoms with van der Waals surface area (Å²) in [6.07, 6.45) is 0. The van der Waals surface area contributed by atoms with Gasteiger partial charge in [-0.15, -0.1) is 0 Å². The molecule has 0 spiro atoms. The molecule has 0 saturated heterocycles. The predicted molar refractivity (Wildman–Crippen MR) is 200 cm³/mol. The van der Waals surface area contributed by atoms with Crippen LogP contribution in [0.5, 0.6) is 0 Å². The summed E-state index contributed by atoms with van der Waals surface area (Å²) in [4.78, 5) is 5.17. The zero-order chi connectivity index (χ0) is 31.9. The van der Waals surface area contributed by atoms with E-state index in [0.717, 1.165) is 44.7 Å². The maximum atomic E-state index is 5.17. The molecule has 226 valence electrons. The van der Waals surface area contributed by atoms with E-state index in [4.69, 9.17) is 4.98 Å². The van der Waals surface area contributed by atoms with Crippen molar-refractivity contribution < 1.29 is 0 Å². The van der Waals surface area contributed by atoms with Crippen LogP contribution in [0.4, 0.5) is 11.4 Å². The second-order valence-corrected chi connectivity index (χ2v) is 12.4. The van der Waals surface area contributed by atoms with Crippen LogP contribution < -0.4 is 5.32 Å². The molecule has 1 N–H and O–H groups in total. The molecule has 1 heterocycles. The topological polar surface area (TPSA) is 24.9 Å². The van der Waals surface area contributed by atoms with Gasteiger partial charge in [0.05, 0.1) is 16.6 Å². The molecule has 0 fully saturated rings. The lowest BCUT2D eigenvalue weighted by Crippen LogP contribution is -2.29. The van der Waals surface area contributed by atoms with E-state index in [1.165, 1.54) is 33.4 Å². The summed E-state index contributed by atoms with van der Waals surface area (Å²) in [5, 5.41) is 4.98. The van der Waals surface area contributed by atoms with Gasteiger partial charge in [0.25, 0.3) is 0 Å². The third-order valence-corrected chi connectivity index (χ3v) is 9.74. The number of pyridine rings is 1. The third kappa shape index (κ3) is 4.45. The average Bonchev–Trinajstić information content (AvgIpc) is 3.46. The Morgan fingerprint density at radius 2 is 0.979 bits per heavy atom. The van der Waals surface area contributed by atoms with Crippen LogP contribution in [0.15, 0.2) is 188 Å². The average molecular weight is 613 g/mol. The fourth-order valence-electron chi connectivity index (χ4n) is 7.64. The van der Waals surface area contributed by atoms with Gasteiger partial charge < -0.3 is 5.32 Å². The zero-order valence-corrected chi connectivity index (χ0v) is 26.3. The molecule has 7 aromatic carbocycles. The van der Waals surface area contributed by atoms with Crippen molar-refractivity contribution >= 4 is 22.3 Å². The molecule has 2 heteroatoms. The highest BCUT2D eigenvalue weighted by atomic mass is 14.9. The first kappa shape index (κ1) is 28.0. The molecule has 0 bridgehead atoms. The largest absolute Gasteiger partial charge is 0.355 e. The maximum absolute atomic E-state index is 5.17. The number of fused-ring (bicyclic) bond motifs is 4. The van der Waals surface area contributed by atoms with Gasteiger partial charge in [0, 0.05) is 27.9 Å². The molecule has 0 saturated carbocycles. The predicted octanol–water partition coefficient (Wildman–Crippen LogP) is 11.7. The van der Waals surface area contributed by atoms with E-state index >= 15 is 0 Å². The summed E-state index contributed by atoms with van der Waals surface area (Å²) >= 11 is 0. The van der Waals surface area contributed by atoms with E-state index in [1.807, 2.05) is 0 Å². The fourth-order valence-corrected chi connectivity index (χ4v) is 7.64. The Bertz CT molecular complexity index is 2370. The lowest BCUT2D eigenvalue weighted by molar-refractivity contribution is 0.771. The van der Waals surface area contributed by atoms with Gasteiger partial charge in [-0.3, -0.25) is 0 Å². The molecule has 1 aliphatic rings. The monoisotopic (exact) mass is 612 g/mol. The Labute approximate surface area is 281 Å². The number of para-hydroxylation sites is 2. The molecule has 0 atom stereocenters. The van der Waals surface area contributed by atoms with Crippen LogP contribution in [0.1, 0.15) is 22.3 Å². The minimum absolute atomic E-state index is 0.475. The van der Waals surface area contributed by atoms with Gasteiger partial charge in [0.2, 0.25) is 0 Å². The summed E-state index contributed by atoms with van der Waals surface area (Å²) in [6.45, 7) is 0. The summed E-state index contributed by atoms with van der Waals surface area (Å²) < 4.78 is 0. The van der Waals surface area contributed by atoms with Crippen molar-refractivity contribution in [2.24, 2.45) is 0 Å². The number of hydrogen-bond acceptors (Lipinski definition) is 2. The number of rotatable bonds is 6. The van der Waals surface area contributed by atoms with E-state index in [9.17, 15) is 0 Å². The van der Waals surface area contributed by atoms with Crippen LogP contribution in [0.3, 0.4) is 0 Å². The number of nitrogens with one attached hydrogen (secondary N) is 1. The third-order valence-electron chi connectivity index (χ3n) is 9.74. The number of aromatic nitrogens is 1. The number of anilines is 2. The Morgan fingerprint density at radius 1 is 0.417 bits per heavy atom. The van der Waals surface area contributed by atoms with Crippen molar-refractivity contribution in [1.82, 2.24) is 4.98 Å². The lowest BCUT2D eigenvalue weighted by atomic mass is 9.67. The minimum atomic E-state index is -0.475. The van der Waals surface area contributed by atoms with Gasteiger partial charge >= 0.3 is 0 Å². The molecule has 2 nitrogen and oxygen atoms in total. The quantitative estimate of drug-likeness (QED) is 0.202. The molecule has 0 unspecified atom stereocenters. The van der Waals surface area contributed by atoms with E-state index in [2.05, 4.69) is 193 Å². The summed E-state index contributed by atoms with van der Waals surface area (Å²) in [6, 6.07) is 67.3. The van der Waals surface area contributed by atoms with Gasteiger partial charge in [0.1, 0.15) is 0 Å². The van der Waals surface area contributed by atoms with Crippen molar-refractivity contribution in [3.8, 4) is 33.5 Å². The highest BCUT2D eigenvalue weighted by Crippen LogP contribution is 2.57. The van der Waals surface area contributed by atoms with Crippen molar-refractivity contribution in [3.63, 3.8) is 0 Å². The molecule has 0 amide bonds. The highest BCUT2D eigenvalue weighted by molar-refractivity contribution is 5.92. The Balaban J connectivity index is 1.16. The van der Waals surface area contributed by atoms with Crippen molar-refractivity contribution in [1.29, 1.82) is 0 Å². The maximum Gasteiger partial charge on any atom is 0.0788 e. The SMILES string of the molecule is c1ccc(-c2cc3ccccc3nc2-c2ccc(Nc3ccccc3C3(c4ccccc4)c4ccccc4-c4ccccc43)cc2)cc1. The van der Waals surface area contributed by atoms with Crippen LogP contribution in [-0.4, -0.2) is 4.98 Å². The number of nitrogens with zero attached hydrogens (tertiary/aromatic N) is 1. The Hall–Kier alpha value is -6.25. The molecule has 8 aromatic rings. The molecule has 0 aliphatic heterocycles. The van der Waals surface area contributed by atoms with Gasteiger partial charge in [-0.25, -0.2) is 4.98 Å². The molecule has 48 heavy (non-hydrogen) atoms. The van der Waals surface area contributed by atoms with E-state index in [0.29, 0.717) is 0 Å².